The fourth-order valence-corrected chi connectivity index (χ4v) is 3.17. The van der Waals surface area contributed by atoms with Crippen molar-refractivity contribution in [2.24, 2.45) is 5.92 Å². The van der Waals surface area contributed by atoms with Gasteiger partial charge >= 0.3 is 0 Å². The maximum absolute atomic E-state index is 13.2. The first kappa shape index (κ1) is 22.9. The molecule has 2 N–H and O–H groups in total. The lowest BCUT2D eigenvalue weighted by Crippen LogP contribution is -2.37. The van der Waals surface area contributed by atoms with Crippen molar-refractivity contribution in [1.29, 1.82) is 0 Å². The van der Waals surface area contributed by atoms with Crippen molar-refractivity contribution in [3.63, 3.8) is 0 Å². The zero-order chi connectivity index (χ0) is 23.3. The summed E-state index contributed by atoms with van der Waals surface area (Å²) in [6.07, 6.45) is 0.348. The fraction of sp³-hybridized carbons (Fsp3) is 0.280. The van der Waals surface area contributed by atoms with Crippen molar-refractivity contribution in [2.75, 3.05) is 10.6 Å². The number of hydrogen-bond donors (Lipinski definition) is 2. The topological polar surface area (TPSA) is 93.1 Å². The van der Waals surface area contributed by atoms with Gasteiger partial charge in [-0.3, -0.25) is 14.4 Å². The number of aryl methyl sites for hydroxylation is 1. The highest BCUT2D eigenvalue weighted by Crippen LogP contribution is 2.22. The molecule has 0 saturated carbocycles. The molecule has 2 amide bonds. The van der Waals surface area contributed by atoms with Crippen LogP contribution in [-0.2, 0) is 9.59 Å². The van der Waals surface area contributed by atoms with E-state index >= 15 is 0 Å². The minimum Gasteiger partial charge on any atom is -0.324 e. The van der Waals surface area contributed by atoms with Crippen LogP contribution in [0.25, 0.3) is 11.3 Å². The van der Waals surface area contributed by atoms with Gasteiger partial charge in [0.05, 0.1) is 5.69 Å². The Hall–Kier alpha value is -3.74. The molecule has 0 fully saturated rings. The molecular weight excluding hydrogens is 404 g/mol. The fourth-order valence-electron chi connectivity index (χ4n) is 3.17. The maximum atomic E-state index is 13.2. The van der Waals surface area contributed by atoms with Crippen LogP contribution in [0.3, 0.4) is 0 Å². The van der Waals surface area contributed by atoms with Crippen molar-refractivity contribution in [3.05, 3.63) is 76.6 Å². The van der Waals surface area contributed by atoms with E-state index in [1.54, 1.807) is 32.0 Å². The molecule has 1 heterocycles. The van der Waals surface area contributed by atoms with E-state index in [1.807, 2.05) is 56.3 Å². The molecule has 1 aromatic heterocycles. The highest BCUT2D eigenvalue weighted by atomic mass is 16.2. The van der Waals surface area contributed by atoms with Crippen molar-refractivity contribution in [1.82, 2.24) is 9.78 Å². The van der Waals surface area contributed by atoms with Gasteiger partial charge in [0.1, 0.15) is 11.7 Å². The number of anilines is 2. The Balaban J connectivity index is 2.08. The second-order valence-corrected chi connectivity index (χ2v) is 7.98. The van der Waals surface area contributed by atoms with Crippen molar-refractivity contribution in [2.45, 2.75) is 40.2 Å². The Morgan fingerprint density at radius 3 is 2.22 bits per heavy atom. The standard InChI is InChI=1S/C25H28N4O3/c1-5-22(24(31)26-19-9-7-6-8-10-19)29-25(32)21(27-23(30)16(2)3)15-20(28-29)18-13-11-17(4)12-14-18/h6-16,22H,5H2,1-4H3,(H,26,31)(H,27,30)/t22-/m0/s1. The number of nitrogens with one attached hydrogen (secondary N) is 2. The number of carbonyl (C=O) groups is 2. The van der Waals surface area contributed by atoms with Crippen LogP contribution in [0.15, 0.2) is 65.5 Å². The largest absolute Gasteiger partial charge is 0.324 e. The van der Waals surface area contributed by atoms with Crippen LogP contribution in [0.2, 0.25) is 0 Å². The van der Waals surface area contributed by atoms with E-state index < -0.39 is 11.6 Å². The second-order valence-electron chi connectivity index (χ2n) is 7.98. The van der Waals surface area contributed by atoms with Gasteiger partial charge in [0.2, 0.25) is 11.8 Å². The zero-order valence-electron chi connectivity index (χ0n) is 18.8. The van der Waals surface area contributed by atoms with Gasteiger partial charge in [0.15, 0.2) is 0 Å². The third-order valence-electron chi connectivity index (χ3n) is 5.09. The summed E-state index contributed by atoms with van der Waals surface area (Å²) in [6, 6.07) is 17.4. The quantitative estimate of drug-likeness (QED) is 0.579. The van der Waals surface area contributed by atoms with Gasteiger partial charge in [0.25, 0.3) is 5.56 Å². The first-order valence-electron chi connectivity index (χ1n) is 10.7. The lowest BCUT2D eigenvalue weighted by Gasteiger charge is -2.19. The number of benzene rings is 2. The van der Waals surface area contributed by atoms with E-state index in [0.29, 0.717) is 17.8 Å². The number of aromatic nitrogens is 2. The van der Waals surface area contributed by atoms with Crippen LogP contribution < -0.4 is 16.2 Å². The van der Waals surface area contributed by atoms with E-state index in [4.69, 9.17) is 0 Å². The summed E-state index contributed by atoms with van der Waals surface area (Å²) in [5.41, 5.74) is 2.57. The third kappa shape index (κ3) is 5.29. The summed E-state index contributed by atoms with van der Waals surface area (Å²) in [6.45, 7) is 7.29. The predicted octanol–water partition coefficient (Wildman–Crippen LogP) is 4.40. The average Bonchev–Trinajstić information content (AvgIpc) is 2.77. The average molecular weight is 433 g/mol. The zero-order valence-corrected chi connectivity index (χ0v) is 18.8. The van der Waals surface area contributed by atoms with Crippen molar-refractivity contribution < 1.29 is 9.59 Å². The molecule has 32 heavy (non-hydrogen) atoms. The molecule has 3 rings (SSSR count). The normalized spacial score (nSPS) is 11.8. The molecule has 0 aliphatic heterocycles. The third-order valence-corrected chi connectivity index (χ3v) is 5.09. The summed E-state index contributed by atoms with van der Waals surface area (Å²) in [5.74, 6) is -0.936. The Kier molecular flexibility index (Phi) is 7.20. The molecular formula is C25H28N4O3. The molecule has 166 valence electrons. The first-order chi connectivity index (χ1) is 15.3. The van der Waals surface area contributed by atoms with Crippen molar-refractivity contribution >= 4 is 23.2 Å². The van der Waals surface area contributed by atoms with E-state index in [1.165, 1.54) is 4.68 Å². The summed E-state index contributed by atoms with van der Waals surface area (Å²) >= 11 is 0. The van der Waals surface area contributed by atoms with Crippen LogP contribution in [0.5, 0.6) is 0 Å². The highest BCUT2D eigenvalue weighted by Gasteiger charge is 2.24. The molecule has 1 atom stereocenters. The highest BCUT2D eigenvalue weighted by molar-refractivity contribution is 5.94. The molecule has 0 spiro atoms. The maximum Gasteiger partial charge on any atom is 0.291 e. The van der Waals surface area contributed by atoms with E-state index in [-0.39, 0.29) is 23.4 Å². The van der Waals surface area contributed by atoms with Gasteiger partial charge in [-0.05, 0) is 31.5 Å². The van der Waals surface area contributed by atoms with Gasteiger partial charge in [0, 0.05) is 17.2 Å². The molecule has 7 nitrogen and oxygen atoms in total. The molecule has 0 unspecified atom stereocenters. The van der Waals surface area contributed by atoms with Gasteiger partial charge in [-0.1, -0.05) is 68.8 Å². The van der Waals surface area contributed by atoms with Crippen molar-refractivity contribution in [3.8, 4) is 11.3 Å². The molecule has 0 radical (unpaired) electrons. The number of rotatable bonds is 7. The van der Waals surface area contributed by atoms with E-state index in [2.05, 4.69) is 15.7 Å². The minimum atomic E-state index is -0.845. The summed E-state index contributed by atoms with van der Waals surface area (Å²) < 4.78 is 1.17. The Morgan fingerprint density at radius 1 is 0.969 bits per heavy atom. The molecule has 3 aromatic rings. The number of nitrogens with zero attached hydrogens (tertiary/aromatic N) is 2. The second kappa shape index (κ2) is 10.0. The molecule has 0 saturated heterocycles. The Morgan fingerprint density at radius 2 is 1.62 bits per heavy atom. The first-order valence-corrected chi connectivity index (χ1v) is 10.7. The monoisotopic (exact) mass is 432 g/mol. The van der Waals surface area contributed by atoms with Crippen LogP contribution in [0, 0.1) is 12.8 Å². The molecule has 0 aliphatic carbocycles. The van der Waals surface area contributed by atoms with Crippen LogP contribution in [0.1, 0.15) is 38.8 Å². The number of hydrogen-bond acceptors (Lipinski definition) is 4. The lowest BCUT2D eigenvalue weighted by molar-refractivity contribution is -0.120. The molecule has 0 bridgehead atoms. The summed E-state index contributed by atoms with van der Waals surface area (Å²) in [5, 5.41) is 10.0. The van der Waals surface area contributed by atoms with Gasteiger partial charge in [-0.15, -0.1) is 0 Å². The Labute approximate surface area is 187 Å². The van der Waals surface area contributed by atoms with E-state index in [0.717, 1.165) is 11.1 Å². The van der Waals surface area contributed by atoms with Gasteiger partial charge in [-0.25, -0.2) is 4.68 Å². The lowest BCUT2D eigenvalue weighted by atomic mass is 10.1. The summed E-state index contributed by atoms with van der Waals surface area (Å²) in [4.78, 5) is 38.6. The number of para-hydroxylation sites is 1. The smallest absolute Gasteiger partial charge is 0.291 e. The van der Waals surface area contributed by atoms with Gasteiger partial charge < -0.3 is 10.6 Å². The summed E-state index contributed by atoms with van der Waals surface area (Å²) in [7, 11) is 0. The van der Waals surface area contributed by atoms with Crippen LogP contribution in [0.4, 0.5) is 11.4 Å². The van der Waals surface area contributed by atoms with Crippen LogP contribution >= 0.6 is 0 Å². The number of carbonyl (C=O) groups excluding carboxylic acids is 2. The Bertz CT molecular complexity index is 1150. The SMILES string of the molecule is CC[C@@H](C(=O)Nc1ccccc1)n1nc(-c2ccc(C)cc2)cc(NC(=O)C(C)C)c1=O. The minimum absolute atomic E-state index is 0.0974. The molecule has 2 aromatic carbocycles. The number of amides is 2. The van der Waals surface area contributed by atoms with Gasteiger partial charge in [-0.2, -0.15) is 5.10 Å². The van der Waals surface area contributed by atoms with E-state index in [9.17, 15) is 14.4 Å². The predicted molar refractivity (Wildman–Crippen MR) is 127 cm³/mol. The molecule has 0 aliphatic rings. The van der Waals surface area contributed by atoms with Crippen LogP contribution in [-0.4, -0.2) is 21.6 Å². The molecule has 7 heteroatoms.